The van der Waals surface area contributed by atoms with E-state index in [0.717, 1.165) is 18.4 Å². The number of carbonyl (C=O) groups excluding carboxylic acids is 1. The summed E-state index contributed by atoms with van der Waals surface area (Å²) in [7, 11) is -3.91. The summed E-state index contributed by atoms with van der Waals surface area (Å²) >= 11 is 6.00. The van der Waals surface area contributed by atoms with Gasteiger partial charge in [-0.25, -0.2) is 13.2 Å². The van der Waals surface area contributed by atoms with Gasteiger partial charge in [0.15, 0.2) is 15.6 Å². The summed E-state index contributed by atoms with van der Waals surface area (Å²) < 4.78 is 25.3. The number of phenols is 1. The average Bonchev–Trinajstić information content (AvgIpc) is 2.92. The van der Waals surface area contributed by atoms with E-state index in [0.29, 0.717) is 0 Å². The number of amides is 2. The molecule has 0 heterocycles. The van der Waals surface area contributed by atoms with Crippen molar-refractivity contribution in [3.05, 3.63) is 28.8 Å². The van der Waals surface area contributed by atoms with Crippen LogP contribution in [0.4, 0.5) is 10.5 Å². The second-order valence-corrected chi connectivity index (χ2v) is 9.31. The van der Waals surface area contributed by atoms with Crippen LogP contribution in [-0.2, 0) is 9.84 Å². The molecule has 2 aliphatic rings. The SMILES string of the molecule is CC1=CCCC1NC(=O)Nc1ccc(Cl)c(S(=O)(=O)C2CC(O)C2)c1O. The minimum atomic E-state index is -3.91. The van der Waals surface area contributed by atoms with E-state index in [2.05, 4.69) is 10.6 Å². The normalized spacial score (nSPS) is 25.3. The third-order valence-electron chi connectivity index (χ3n) is 4.90. The second-order valence-electron chi connectivity index (χ2n) is 6.74. The lowest BCUT2D eigenvalue weighted by Crippen LogP contribution is -2.39. The fourth-order valence-electron chi connectivity index (χ4n) is 3.23. The smallest absolute Gasteiger partial charge is 0.319 e. The third kappa shape index (κ3) is 3.54. The molecule has 1 fully saturated rings. The zero-order valence-corrected chi connectivity index (χ0v) is 15.8. The van der Waals surface area contributed by atoms with Gasteiger partial charge in [0, 0.05) is 0 Å². The van der Waals surface area contributed by atoms with Gasteiger partial charge in [-0.1, -0.05) is 23.3 Å². The van der Waals surface area contributed by atoms with Crippen LogP contribution in [0.1, 0.15) is 32.6 Å². The minimum Gasteiger partial charge on any atom is -0.504 e. The van der Waals surface area contributed by atoms with E-state index in [1.165, 1.54) is 12.1 Å². The number of aliphatic hydroxyl groups is 1. The van der Waals surface area contributed by atoms with Crippen molar-refractivity contribution in [3.63, 3.8) is 0 Å². The van der Waals surface area contributed by atoms with Gasteiger partial charge < -0.3 is 20.8 Å². The van der Waals surface area contributed by atoms with Gasteiger partial charge in [-0.05, 0) is 44.7 Å². The highest BCUT2D eigenvalue weighted by molar-refractivity contribution is 7.92. The third-order valence-corrected chi connectivity index (χ3v) is 7.57. The lowest BCUT2D eigenvalue weighted by molar-refractivity contribution is 0.0976. The zero-order chi connectivity index (χ0) is 19.1. The Balaban J connectivity index is 1.81. The summed E-state index contributed by atoms with van der Waals surface area (Å²) in [6.45, 7) is 1.93. The Morgan fingerprint density at radius 2 is 2.00 bits per heavy atom. The van der Waals surface area contributed by atoms with Crippen molar-refractivity contribution in [1.82, 2.24) is 5.32 Å². The van der Waals surface area contributed by atoms with Crippen LogP contribution < -0.4 is 10.6 Å². The van der Waals surface area contributed by atoms with Gasteiger partial charge in [-0.15, -0.1) is 0 Å². The van der Waals surface area contributed by atoms with Crippen molar-refractivity contribution in [2.45, 2.75) is 54.9 Å². The van der Waals surface area contributed by atoms with Crippen LogP contribution in [0, 0.1) is 0 Å². The van der Waals surface area contributed by atoms with Crippen molar-refractivity contribution in [1.29, 1.82) is 0 Å². The molecule has 7 nitrogen and oxygen atoms in total. The highest BCUT2D eigenvalue weighted by Crippen LogP contribution is 2.42. The summed E-state index contributed by atoms with van der Waals surface area (Å²) in [6.07, 6.45) is 3.27. The molecule has 3 rings (SSSR count). The predicted molar refractivity (Wildman–Crippen MR) is 98.3 cm³/mol. The van der Waals surface area contributed by atoms with Crippen LogP contribution in [0.15, 0.2) is 28.7 Å². The number of hydrogen-bond acceptors (Lipinski definition) is 5. The summed E-state index contributed by atoms with van der Waals surface area (Å²) in [5.74, 6) is -0.590. The number of aromatic hydroxyl groups is 1. The monoisotopic (exact) mass is 400 g/mol. The Bertz CT molecular complexity index is 862. The Morgan fingerprint density at radius 3 is 2.58 bits per heavy atom. The van der Waals surface area contributed by atoms with E-state index >= 15 is 0 Å². The van der Waals surface area contributed by atoms with Gasteiger partial charge in [-0.2, -0.15) is 0 Å². The predicted octanol–water partition coefficient (Wildman–Crippen LogP) is 2.57. The van der Waals surface area contributed by atoms with Crippen LogP contribution in [0.2, 0.25) is 5.02 Å². The van der Waals surface area contributed by atoms with Gasteiger partial charge in [-0.3, -0.25) is 0 Å². The number of carbonyl (C=O) groups is 1. The molecule has 4 N–H and O–H groups in total. The minimum absolute atomic E-state index is 0.0371. The molecule has 142 valence electrons. The largest absolute Gasteiger partial charge is 0.504 e. The van der Waals surface area contributed by atoms with Crippen LogP contribution in [0.25, 0.3) is 0 Å². The molecule has 1 saturated carbocycles. The number of anilines is 1. The van der Waals surface area contributed by atoms with Gasteiger partial charge >= 0.3 is 6.03 Å². The molecule has 1 aromatic rings. The van der Waals surface area contributed by atoms with Crippen LogP contribution in [0.3, 0.4) is 0 Å². The molecule has 0 bridgehead atoms. The van der Waals surface area contributed by atoms with E-state index in [-0.39, 0.29) is 29.6 Å². The van der Waals surface area contributed by atoms with Crippen LogP contribution in [0.5, 0.6) is 5.75 Å². The number of nitrogens with one attached hydrogen (secondary N) is 2. The number of hydrogen-bond donors (Lipinski definition) is 4. The van der Waals surface area contributed by atoms with Crippen LogP contribution >= 0.6 is 11.6 Å². The number of sulfone groups is 1. The van der Waals surface area contributed by atoms with Crippen molar-refractivity contribution >= 4 is 33.2 Å². The molecule has 9 heteroatoms. The maximum absolute atomic E-state index is 12.7. The summed E-state index contributed by atoms with van der Waals surface area (Å²) in [5.41, 5.74) is 1.03. The first-order valence-electron chi connectivity index (χ1n) is 8.37. The van der Waals surface area contributed by atoms with Gasteiger partial charge in [0.1, 0.15) is 4.90 Å². The first kappa shape index (κ1) is 19.0. The van der Waals surface area contributed by atoms with Gasteiger partial charge in [0.2, 0.25) is 0 Å². The Hall–Kier alpha value is -1.77. The number of aliphatic hydroxyl groups excluding tert-OH is 1. The lowest BCUT2D eigenvalue weighted by Gasteiger charge is -2.31. The molecular weight excluding hydrogens is 380 g/mol. The lowest BCUT2D eigenvalue weighted by atomic mass is 9.96. The van der Waals surface area contributed by atoms with Crippen molar-refractivity contribution in [2.75, 3.05) is 5.32 Å². The molecular formula is C17H21ClN2O5S. The molecule has 1 aromatic carbocycles. The number of urea groups is 1. The number of benzene rings is 1. The molecule has 26 heavy (non-hydrogen) atoms. The topological polar surface area (TPSA) is 116 Å². The summed E-state index contributed by atoms with van der Waals surface area (Å²) in [4.78, 5) is 11.8. The number of allylic oxidation sites excluding steroid dienone is 1. The van der Waals surface area contributed by atoms with E-state index in [9.17, 15) is 23.4 Å². The highest BCUT2D eigenvalue weighted by atomic mass is 35.5. The van der Waals surface area contributed by atoms with E-state index in [1.54, 1.807) is 0 Å². The van der Waals surface area contributed by atoms with Gasteiger partial charge in [0.25, 0.3) is 0 Å². The molecule has 1 atom stereocenters. The van der Waals surface area contributed by atoms with Crippen molar-refractivity contribution in [2.24, 2.45) is 0 Å². The quantitative estimate of drug-likeness (QED) is 0.458. The summed E-state index contributed by atoms with van der Waals surface area (Å²) in [5, 5.41) is 24.1. The van der Waals surface area contributed by atoms with Gasteiger partial charge in [0.05, 0.1) is 28.1 Å². The molecule has 0 aromatic heterocycles. The molecule has 0 spiro atoms. The van der Waals surface area contributed by atoms with E-state index in [1.807, 2.05) is 13.0 Å². The first-order valence-corrected chi connectivity index (χ1v) is 10.3. The standard InChI is InChI=1S/C17H21ClN2O5S/c1-9-3-2-4-13(9)19-17(23)20-14-6-5-12(18)16(15(14)22)26(24,25)11-7-10(21)8-11/h3,5-6,10-11,13,21-22H,2,4,7-8H2,1H3,(H2,19,20,23). The van der Waals surface area contributed by atoms with Crippen molar-refractivity contribution in [3.8, 4) is 5.75 Å². The van der Waals surface area contributed by atoms with Crippen LogP contribution in [-0.4, -0.2) is 42.1 Å². The second kappa shape index (κ2) is 7.09. The van der Waals surface area contributed by atoms with Crippen molar-refractivity contribution < 1.29 is 23.4 Å². The van der Waals surface area contributed by atoms with E-state index in [4.69, 9.17) is 11.6 Å². The highest BCUT2D eigenvalue weighted by Gasteiger charge is 2.41. The summed E-state index contributed by atoms with van der Waals surface area (Å²) in [6, 6.07) is 2.05. The molecule has 0 saturated heterocycles. The molecule has 0 radical (unpaired) electrons. The number of phenolic OH excluding ortho intramolecular Hbond substituents is 1. The maximum Gasteiger partial charge on any atom is 0.319 e. The molecule has 0 aliphatic heterocycles. The fraction of sp³-hybridized carbons (Fsp3) is 0.471. The molecule has 2 aliphatic carbocycles. The average molecular weight is 401 g/mol. The maximum atomic E-state index is 12.7. The first-order chi connectivity index (χ1) is 12.2. The molecule has 2 amide bonds. The number of rotatable bonds is 4. The Labute approximate surface area is 157 Å². The number of halogens is 1. The fourth-order valence-corrected chi connectivity index (χ4v) is 5.70. The van der Waals surface area contributed by atoms with E-state index < -0.39 is 37.9 Å². The molecule has 1 unspecified atom stereocenters. The zero-order valence-electron chi connectivity index (χ0n) is 14.2. The Morgan fingerprint density at radius 1 is 1.31 bits per heavy atom. The Kier molecular flexibility index (Phi) is 5.18.